The molecule has 1 fully saturated rings. The van der Waals surface area contributed by atoms with Gasteiger partial charge in [-0.3, -0.25) is 4.79 Å². The number of carbonyl (C=O) groups excluding carboxylic acids is 1. The van der Waals surface area contributed by atoms with E-state index in [4.69, 9.17) is 5.73 Å². The van der Waals surface area contributed by atoms with Gasteiger partial charge in [0.15, 0.2) is 0 Å². The highest BCUT2D eigenvalue weighted by atomic mass is 19.1. The van der Waals surface area contributed by atoms with E-state index in [-0.39, 0.29) is 18.5 Å². The smallest absolute Gasteiger partial charge is 0.255 e. The molecule has 0 aliphatic heterocycles. The van der Waals surface area contributed by atoms with E-state index in [9.17, 15) is 9.18 Å². The summed E-state index contributed by atoms with van der Waals surface area (Å²) in [5, 5.41) is 0. The van der Waals surface area contributed by atoms with E-state index in [1.54, 1.807) is 11.9 Å². The molecule has 2 rings (SSSR count). The van der Waals surface area contributed by atoms with Crippen molar-refractivity contribution >= 4 is 5.91 Å². The Morgan fingerprint density at radius 1 is 1.55 bits per heavy atom. The molecule has 0 aromatic heterocycles. The maximum absolute atomic E-state index is 13.3. The summed E-state index contributed by atoms with van der Waals surface area (Å²) in [6, 6.07) is 4.26. The first-order valence-electron chi connectivity index (χ1n) is 6.80. The molecule has 3 nitrogen and oxygen atoms in total. The van der Waals surface area contributed by atoms with Crippen LogP contribution >= 0.6 is 0 Å². The van der Waals surface area contributed by atoms with Crippen LogP contribution in [0.15, 0.2) is 18.2 Å². The van der Waals surface area contributed by atoms with Crippen LogP contribution in [0.1, 0.15) is 35.7 Å². The van der Waals surface area contributed by atoms with Crippen molar-refractivity contribution in [1.82, 2.24) is 4.90 Å². The molecule has 1 aromatic carbocycles. The van der Waals surface area contributed by atoms with Crippen molar-refractivity contribution in [2.24, 2.45) is 11.7 Å². The number of nitrogens with two attached hydrogens (primary N) is 1. The Morgan fingerprint density at radius 2 is 2.25 bits per heavy atom. The van der Waals surface area contributed by atoms with Gasteiger partial charge in [-0.2, -0.15) is 0 Å². The Morgan fingerprint density at radius 3 is 2.85 bits per heavy atom. The molecule has 1 unspecified atom stereocenters. The average Bonchev–Trinajstić information content (AvgIpc) is 3.27. The number of halogens is 1. The first-order chi connectivity index (χ1) is 9.54. The number of benzene rings is 1. The van der Waals surface area contributed by atoms with Crippen molar-refractivity contribution in [1.29, 1.82) is 0 Å². The third-order valence-corrected chi connectivity index (χ3v) is 3.77. The van der Waals surface area contributed by atoms with E-state index in [2.05, 4.69) is 11.8 Å². The molecule has 1 aliphatic carbocycles. The van der Waals surface area contributed by atoms with Gasteiger partial charge in [-0.25, -0.2) is 4.39 Å². The van der Waals surface area contributed by atoms with E-state index in [0.29, 0.717) is 17.0 Å². The second kappa shape index (κ2) is 6.06. The third kappa shape index (κ3) is 3.17. The van der Waals surface area contributed by atoms with Crippen LogP contribution in [0.4, 0.5) is 4.39 Å². The van der Waals surface area contributed by atoms with Crippen LogP contribution in [0.25, 0.3) is 0 Å². The fraction of sp³-hybridized carbons (Fsp3) is 0.438. The van der Waals surface area contributed by atoms with Crippen molar-refractivity contribution in [3.63, 3.8) is 0 Å². The Labute approximate surface area is 119 Å². The summed E-state index contributed by atoms with van der Waals surface area (Å²) >= 11 is 0. The predicted octanol–water partition coefficient (Wildman–Crippen LogP) is 2.01. The summed E-state index contributed by atoms with van der Waals surface area (Å²) in [5.41, 5.74) is 6.17. The molecule has 2 N–H and O–H groups in total. The van der Waals surface area contributed by atoms with Crippen molar-refractivity contribution in [3.8, 4) is 11.8 Å². The number of hydrogen-bond donors (Lipinski definition) is 1. The minimum atomic E-state index is -0.402. The molecule has 0 spiro atoms. The van der Waals surface area contributed by atoms with Crippen molar-refractivity contribution < 1.29 is 9.18 Å². The highest BCUT2D eigenvalue weighted by Crippen LogP contribution is 2.35. The molecule has 0 saturated heterocycles. The Hall–Kier alpha value is -1.86. The average molecular weight is 274 g/mol. The predicted molar refractivity (Wildman–Crippen MR) is 76.6 cm³/mol. The number of rotatable bonds is 3. The lowest BCUT2D eigenvalue weighted by Crippen LogP contribution is -2.36. The molecular formula is C16H19FN2O. The number of hydrogen-bond acceptors (Lipinski definition) is 2. The van der Waals surface area contributed by atoms with Gasteiger partial charge in [-0.1, -0.05) is 11.8 Å². The maximum Gasteiger partial charge on any atom is 0.255 e. The fourth-order valence-electron chi connectivity index (χ4n) is 2.22. The molecular weight excluding hydrogens is 255 g/mol. The SMILES string of the molecule is CC(C1CC1)N(C)C(=O)c1ccc(F)cc1C#CCN. The second-order valence-electron chi connectivity index (χ2n) is 5.19. The van der Waals surface area contributed by atoms with Gasteiger partial charge in [0, 0.05) is 18.7 Å². The lowest BCUT2D eigenvalue weighted by Gasteiger charge is -2.25. The maximum atomic E-state index is 13.3. The van der Waals surface area contributed by atoms with Gasteiger partial charge < -0.3 is 10.6 Å². The van der Waals surface area contributed by atoms with Crippen LogP contribution in [-0.4, -0.2) is 30.4 Å². The lowest BCUT2D eigenvalue weighted by atomic mass is 10.0. The molecule has 0 heterocycles. The van der Waals surface area contributed by atoms with Crippen molar-refractivity contribution in [3.05, 3.63) is 35.1 Å². The van der Waals surface area contributed by atoms with Crippen LogP contribution in [0.2, 0.25) is 0 Å². The molecule has 4 heteroatoms. The molecule has 1 saturated carbocycles. The third-order valence-electron chi connectivity index (χ3n) is 3.77. The van der Waals surface area contributed by atoms with Crippen LogP contribution in [-0.2, 0) is 0 Å². The van der Waals surface area contributed by atoms with Crippen LogP contribution < -0.4 is 5.73 Å². The summed E-state index contributed by atoms with van der Waals surface area (Å²) in [6.45, 7) is 2.22. The Kier molecular flexibility index (Phi) is 4.41. The van der Waals surface area contributed by atoms with Gasteiger partial charge >= 0.3 is 0 Å². The molecule has 20 heavy (non-hydrogen) atoms. The van der Waals surface area contributed by atoms with Crippen LogP contribution in [0.3, 0.4) is 0 Å². The zero-order chi connectivity index (χ0) is 14.7. The lowest BCUT2D eigenvalue weighted by molar-refractivity contribution is 0.0727. The van der Waals surface area contributed by atoms with E-state index >= 15 is 0 Å². The summed E-state index contributed by atoms with van der Waals surface area (Å²) in [6.07, 6.45) is 2.34. The fourth-order valence-corrected chi connectivity index (χ4v) is 2.22. The molecule has 1 atom stereocenters. The number of amides is 1. The quantitative estimate of drug-likeness (QED) is 0.857. The van der Waals surface area contributed by atoms with Crippen molar-refractivity contribution in [2.75, 3.05) is 13.6 Å². The summed E-state index contributed by atoms with van der Waals surface area (Å²) in [7, 11) is 1.79. The van der Waals surface area contributed by atoms with Gasteiger partial charge in [0.25, 0.3) is 5.91 Å². The van der Waals surface area contributed by atoms with Crippen molar-refractivity contribution in [2.45, 2.75) is 25.8 Å². The Balaban J connectivity index is 2.28. The molecule has 1 amide bonds. The monoisotopic (exact) mass is 274 g/mol. The van der Waals surface area contributed by atoms with E-state index < -0.39 is 5.82 Å². The van der Waals surface area contributed by atoms with Gasteiger partial charge in [0.1, 0.15) is 5.82 Å². The topological polar surface area (TPSA) is 46.3 Å². The van der Waals surface area contributed by atoms with Gasteiger partial charge in [-0.05, 0) is 43.9 Å². The van der Waals surface area contributed by atoms with E-state index in [0.717, 1.165) is 0 Å². The zero-order valence-corrected chi connectivity index (χ0v) is 11.8. The number of nitrogens with zero attached hydrogens (tertiary/aromatic N) is 1. The zero-order valence-electron chi connectivity index (χ0n) is 11.8. The summed E-state index contributed by atoms with van der Waals surface area (Å²) in [5.74, 6) is 5.51. The normalized spacial score (nSPS) is 15.2. The highest BCUT2D eigenvalue weighted by Gasteiger charge is 2.33. The Bertz CT molecular complexity index is 570. The molecule has 106 valence electrons. The van der Waals surface area contributed by atoms with Gasteiger partial charge in [0.05, 0.1) is 12.1 Å². The largest absolute Gasteiger partial charge is 0.339 e. The minimum absolute atomic E-state index is 0.120. The number of carbonyl (C=O) groups is 1. The summed E-state index contributed by atoms with van der Waals surface area (Å²) in [4.78, 5) is 14.2. The molecule has 1 aromatic rings. The minimum Gasteiger partial charge on any atom is -0.339 e. The van der Waals surface area contributed by atoms with E-state index in [1.807, 2.05) is 6.92 Å². The van der Waals surface area contributed by atoms with Gasteiger partial charge in [-0.15, -0.1) is 0 Å². The van der Waals surface area contributed by atoms with Gasteiger partial charge in [0.2, 0.25) is 0 Å². The van der Waals surface area contributed by atoms with Crippen LogP contribution in [0.5, 0.6) is 0 Å². The van der Waals surface area contributed by atoms with Crippen LogP contribution in [0, 0.1) is 23.6 Å². The summed E-state index contributed by atoms with van der Waals surface area (Å²) < 4.78 is 13.3. The molecule has 0 bridgehead atoms. The highest BCUT2D eigenvalue weighted by molar-refractivity contribution is 5.96. The van der Waals surface area contributed by atoms with E-state index in [1.165, 1.54) is 31.0 Å². The molecule has 1 aliphatic rings. The first kappa shape index (κ1) is 14.5. The standard InChI is InChI=1S/C16H19FN2O/c1-11(12-5-6-12)19(2)16(20)15-8-7-14(17)10-13(15)4-3-9-18/h7-8,10-12H,5-6,9,18H2,1-2H3. The molecule has 0 radical (unpaired) electrons. The first-order valence-corrected chi connectivity index (χ1v) is 6.80. The second-order valence-corrected chi connectivity index (χ2v) is 5.19.